The van der Waals surface area contributed by atoms with Gasteiger partial charge in [0.15, 0.2) is 11.5 Å². The van der Waals surface area contributed by atoms with Crippen molar-refractivity contribution in [1.29, 1.82) is 0 Å². The quantitative estimate of drug-likeness (QED) is 0.918. The molecule has 1 N–H and O–H groups in total. The highest BCUT2D eigenvalue weighted by atomic mass is 16.5. The van der Waals surface area contributed by atoms with Crippen LogP contribution in [0.5, 0.6) is 11.5 Å². The van der Waals surface area contributed by atoms with Crippen LogP contribution in [0.25, 0.3) is 0 Å². The number of anilines is 1. The van der Waals surface area contributed by atoms with Gasteiger partial charge in [-0.2, -0.15) is 5.10 Å². The first-order chi connectivity index (χ1) is 9.97. The fraction of sp³-hybridized carbons (Fsp3) is 0.438. The van der Waals surface area contributed by atoms with E-state index in [0.717, 1.165) is 34.1 Å². The lowest BCUT2D eigenvalue weighted by molar-refractivity contribution is 0.354. The first-order valence-corrected chi connectivity index (χ1v) is 6.96. The van der Waals surface area contributed by atoms with Gasteiger partial charge in [0.2, 0.25) is 0 Å². The summed E-state index contributed by atoms with van der Waals surface area (Å²) in [7, 11) is 5.24. The zero-order valence-corrected chi connectivity index (χ0v) is 13.5. The molecule has 2 aromatic rings. The molecule has 0 aliphatic rings. The van der Waals surface area contributed by atoms with Crippen LogP contribution in [0.15, 0.2) is 18.2 Å². The summed E-state index contributed by atoms with van der Waals surface area (Å²) in [5.74, 6) is 1.48. The number of hydrogen-bond donors (Lipinski definition) is 1. The van der Waals surface area contributed by atoms with Gasteiger partial charge in [0.1, 0.15) is 0 Å². The second kappa shape index (κ2) is 6.08. The fourth-order valence-electron chi connectivity index (χ4n) is 2.40. The first-order valence-electron chi connectivity index (χ1n) is 6.96. The van der Waals surface area contributed by atoms with Crippen LogP contribution in [-0.2, 0) is 7.05 Å². The lowest BCUT2D eigenvalue weighted by atomic mass is 10.1. The maximum absolute atomic E-state index is 5.36. The van der Waals surface area contributed by atoms with Crippen molar-refractivity contribution in [3.63, 3.8) is 0 Å². The Morgan fingerprint density at radius 3 is 2.33 bits per heavy atom. The van der Waals surface area contributed by atoms with E-state index >= 15 is 0 Å². The Morgan fingerprint density at radius 1 is 1.14 bits per heavy atom. The number of nitrogens with zero attached hydrogens (tertiary/aromatic N) is 2. The van der Waals surface area contributed by atoms with Crippen molar-refractivity contribution >= 4 is 5.69 Å². The minimum absolute atomic E-state index is 0.145. The maximum Gasteiger partial charge on any atom is 0.161 e. The molecule has 0 aliphatic carbocycles. The molecule has 0 saturated heterocycles. The second-order valence-electron chi connectivity index (χ2n) is 5.15. The van der Waals surface area contributed by atoms with Crippen molar-refractivity contribution in [2.45, 2.75) is 26.8 Å². The van der Waals surface area contributed by atoms with Gasteiger partial charge in [-0.3, -0.25) is 4.68 Å². The number of benzene rings is 1. The van der Waals surface area contributed by atoms with E-state index in [-0.39, 0.29) is 6.04 Å². The zero-order valence-electron chi connectivity index (χ0n) is 13.5. The van der Waals surface area contributed by atoms with Gasteiger partial charge >= 0.3 is 0 Å². The molecule has 1 heterocycles. The monoisotopic (exact) mass is 289 g/mol. The van der Waals surface area contributed by atoms with Gasteiger partial charge in [0.05, 0.1) is 31.3 Å². The molecule has 1 aromatic carbocycles. The third kappa shape index (κ3) is 2.96. The molecule has 1 unspecified atom stereocenters. The molecular weight excluding hydrogens is 266 g/mol. The Kier molecular flexibility index (Phi) is 4.40. The Hall–Kier alpha value is -2.17. The summed E-state index contributed by atoms with van der Waals surface area (Å²) in [6, 6.07) is 6.11. The van der Waals surface area contributed by atoms with E-state index < -0.39 is 0 Å². The first kappa shape index (κ1) is 15.2. The third-order valence-electron chi connectivity index (χ3n) is 3.78. The summed E-state index contributed by atoms with van der Waals surface area (Å²) in [6.07, 6.45) is 0. The molecule has 0 radical (unpaired) electrons. The van der Waals surface area contributed by atoms with Crippen molar-refractivity contribution in [3.8, 4) is 11.5 Å². The summed E-state index contributed by atoms with van der Waals surface area (Å²) in [6.45, 7) is 6.19. The van der Waals surface area contributed by atoms with Gasteiger partial charge in [-0.1, -0.05) is 6.07 Å². The Labute approximate surface area is 125 Å². The third-order valence-corrected chi connectivity index (χ3v) is 3.78. The van der Waals surface area contributed by atoms with Gasteiger partial charge in [-0.25, -0.2) is 0 Å². The van der Waals surface area contributed by atoms with Crippen molar-refractivity contribution in [2.75, 3.05) is 19.5 Å². The number of nitrogens with one attached hydrogen (secondary N) is 1. The van der Waals surface area contributed by atoms with E-state index in [1.807, 2.05) is 36.9 Å². The highest BCUT2D eigenvalue weighted by Crippen LogP contribution is 2.32. The average Bonchev–Trinajstić information content (AvgIpc) is 2.72. The Balaban J connectivity index is 2.26. The minimum atomic E-state index is 0.145. The number of rotatable bonds is 5. The number of methoxy groups -OCH3 is 2. The number of aryl methyl sites for hydroxylation is 2. The highest BCUT2D eigenvalue weighted by molar-refractivity contribution is 5.54. The molecule has 1 atom stereocenters. The van der Waals surface area contributed by atoms with Crippen molar-refractivity contribution in [1.82, 2.24) is 9.78 Å². The maximum atomic E-state index is 5.36. The SMILES string of the molecule is COc1ccc(C(C)Nc2c(C)nn(C)c2C)cc1OC. The molecule has 21 heavy (non-hydrogen) atoms. The molecule has 0 spiro atoms. The summed E-state index contributed by atoms with van der Waals surface area (Å²) < 4.78 is 12.5. The zero-order chi connectivity index (χ0) is 15.6. The summed E-state index contributed by atoms with van der Waals surface area (Å²) in [4.78, 5) is 0. The van der Waals surface area contributed by atoms with Crippen molar-refractivity contribution < 1.29 is 9.47 Å². The van der Waals surface area contributed by atoms with E-state index in [1.54, 1.807) is 14.2 Å². The van der Waals surface area contributed by atoms with Crippen LogP contribution >= 0.6 is 0 Å². The van der Waals surface area contributed by atoms with E-state index in [1.165, 1.54) is 0 Å². The number of ether oxygens (including phenoxy) is 2. The molecule has 0 amide bonds. The molecular formula is C16H23N3O2. The molecule has 1 aromatic heterocycles. The van der Waals surface area contributed by atoms with Crippen LogP contribution in [0.1, 0.15) is 29.9 Å². The van der Waals surface area contributed by atoms with Gasteiger partial charge in [0.25, 0.3) is 0 Å². The van der Waals surface area contributed by atoms with E-state index in [4.69, 9.17) is 9.47 Å². The number of hydrogen-bond acceptors (Lipinski definition) is 4. The normalized spacial score (nSPS) is 12.1. The summed E-state index contributed by atoms with van der Waals surface area (Å²) in [5, 5.41) is 7.95. The second-order valence-corrected chi connectivity index (χ2v) is 5.15. The molecule has 5 nitrogen and oxygen atoms in total. The molecule has 0 bridgehead atoms. The van der Waals surface area contributed by atoms with Gasteiger partial charge in [-0.15, -0.1) is 0 Å². The molecule has 0 fully saturated rings. The topological polar surface area (TPSA) is 48.3 Å². The highest BCUT2D eigenvalue weighted by Gasteiger charge is 2.14. The van der Waals surface area contributed by atoms with Gasteiger partial charge in [0, 0.05) is 13.1 Å². The van der Waals surface area contributed by atoms with Gasteiger partial charge in [-0.05, 0) is 38.5 Å². The molecule has 2 rings (SSSR count). The van der Waals surface area contributed by atoms with Crippen LogP contribution in [0, 0.1) is 13.8 Å². The lowest BCUT2D eigenvalue weighted by Crippen LogP contribution is -2.08. The Bertz CT molecular complexity index is 635. The van der Waals surface area contributed by atoms with E-state index in [9.17, 15) is 0 Å². The average molecular weight is 289 g/mol. The largest absolute Gasteiger partial charge is 0.493 e. The van der Waals surface area contributed by atoms with Gasteiger partial charge < -0.3 is 14.8 Å². The smallest absolute Gasteiger partial charge is 0.161 e. The van der Waals surface area contributed by atoms with Crippen LogP contribution < -0.4 is 14.8 Å². The standard InChI is InChI=1S/C16H23N3O2/c1-10(17-16-11(2)18-19(4)12(16)3)13-7-8-14(20-5)15(9-13)21-6/h7-10,17H,1-6H3. The number of aromatic nitrogens is 2. The molecule has 0 saturated carbocycles. The predicted molar refractivity (Wildman–Crippen MR) is 84.3 cm³/mol. The van der Waals surface area contributed by atoms with E-state index in [2.05, 4.69) is 24.3 Å². The summed E-state index contributed by atoms with van der Waals surface area (Å²) >= 11 is 0. The predicted octanol–water partition coefficient (Wildman–Crippen LogP) is 3.23. The van der Waals surface area contributed by atoms with Crippen LogP contribution in [0.2, 0.25) is 0 Å². The molecule has 114 valence electrons. The van der Waals surface area contributed by atoms with E-state index in [0.29, 0.717) is 0 Å². The van der Waals surface area contributed by atoms with Crippen molar-refractivity contribution in [2.24, 2.45) is 7.05 Å². The Morgan fingerprint density at radius 2 is 1.81 bits per heavy atom. The molecule has 5 heteroatoms. The fourth-order valence-corrected chi connectivity index (χ4v) is 2.40. The molecule has 0 aliphatic heterocycles. The minimum Gasteiger partial charge on any atom is -0.493 e. The van der Waals surface area contributed by atoms with Crippen molar-refractivity contribution in [3.05, 3.63) is 35.2 Å². The van der Waals surface area contributed by atoms with Crippen LogP contribution in [0.4, 0.5) is 5.69 Å². The summed E-state index contributed by atoms with van der Waals surface area (Å²) in [5.41, 5.74) is 4.34. The van der Waals surface area contributed by atoms with Crippen LogP contribution in [0.3, 0.4) is 0 Å². The lowest BCUT2D eigenvalue weighted by Gasteiger charge is -2.18. The van der Waals surface area contributed by atoms with Crippen LogP contribution in [-0.4, -0.2) is 24.0 Å².